The molecule has 0 spiro atoms. The molecular formula is C6H4F11NO3. The second kappa shape index (κ2) is 5.43. The van der Waals surface area contributed by atoms with Gasteiger partial charge in [0.05, 0.1) is 0 Å². The number of rotatable bonds is 5. The lowest BCUT2D eigenvalue weighted by Crippen LogP contribution is -2.61. The van der Waals surface area contributed by atoms with Crippen LogP contribution < -0.4 is 6.15 Å². The number of carbonyl (C=O) groups is 1. The van der Waals surface area contributed by atoms with Crippen LogP contribution in [-0.2, 0) is 9.53 Å². The van der Waals surface area contributed by atoms with Crippen LogP contribution in [0, 0.1) is 0 Å². The number of carboxylic acid groups (broad SMARTS) is 1. The quantitative estimate of drug-likeness (QED) is 0.748. The van der Waals surface area contributed by atoms with Gasteiger partial charge in [-0.2, -0.15) is 48.3 Å². The molecule has 0 unspecified atom stereocenters. The minimum atomic E-state index is -7.18. The third kappa shape index (κ3) is 3.63. The zero-order chi connectivity index (χ0) is 16.8. The molecule has 0 radical (unpaired) electrons. The number of ether oxygens (including phenoxy) is 1. The molecule has 0 aliphatic heterocycles. The zero-order valence-corrected chi connectivity index (χ0v) is 9.13. The summed E-state index contributed by atoms with van der Waals surface area (Å²) in [5, 5.41) is 7.57. The molecule has 0 heterocycles. The van der Waals surface area contributed by atoms with Crippen LogP contribution in [0.4, 0.5) is 48.3 Å². The van der Waals surface area contributed by atoms with Gasteiger partial charge in [0.15, 0.2) is 0 Å². The van der Waals surface area contributed by atoms with Gasteiger partial charge in [-0.05, 0) is 0 Å². The summed E-state index contributed by atoms with van der Waals surface area (Å²) in [6.45, 7) is 0. The largest absolute Gasteiger partial charge is 0.483 e. The van der Waals surface area contributed by atoms with Crippen LogP contribution in [0.5, 0.6) is 0 Å². The first-order chi connectivity index (χ1) is 8.40. The van der Waals surface area contributed by atoms with Gasteiger partial charge < -0.3 is 11.3 Å². The van der Waals surface area contributed by atoms with E-state index in [4.69, 9.17) is 5.11 Å². The summed E-state index contributed by atoms with van der Waals surface area (Å²) >= 11 is 0. The lowest BCUT2D eigenvalue weighted by Gasteiger charge is -2.32. The molecule has 0 bridgehead atoms. The standard InChI is InChI=1S/C6HF11O3.H3N/c7-2(8,1(18)19)3(9,10)5(14,15)20-6(16,17)4(11,12)13;/h(H,18,19);1H3. The van der Waals surface area contributed by atoms with Crippen molar-refractivity contribution in [1.82, 2.24) is 6.15 Å². The summed E-state index contributed by atoms with van der Waals surface area (Å²) in [5.74, 6) is -17.7. The third-order valence-electron chi connectivity index (χ3n) is 1.61. The predicted octanol–water partition coefficient (Wildman–Crippen LogP) is 3.27. The Hall–Kier alpha value is -1.38. The van der Waals surface area contributed by atoms with Crippen molar-refractivity contribution in [2.24, 2.45) is 0 Å². The number of hydrogen-bond donors (Lipinski definition) is 2. The van der Waals surface area contributed by atoms with Crippen molar-refractivity contribution in [2.45, 2.75) is 30.2 Å². The summed E-state index contributed by atoms with van der Waals surface area (Å²) in [5.41, 5.74) is 0. The van der Waals surface area contributed by atoms with E-state index < -0.39 is 36.2 Å². The normalized spacial score (nSPS) is 14.6. The fourth-order valence-corrected chi connectivity index (χ4v) is 0.600. The molecular weight excluding hydrogens is 343 g/mol. The van der Waals surface area contributed by atoms with E-state index in [0.717, 1.165) is 0 Å². The second-order valence-corrected chi connectivity index (χ2v) is 3.09. The highest BCUT2D eigenvalue weighted by atomic mass is 19.4. The van der Waals surface area contributed by atoms with E-state index in [1.54, 1.807) is 0 Å². The first kappa shape index (κ1) is 21.9. The lowest BCUT2D eigenvalue weighted by molar-refractivity contribution is -0.498. The van der Waals surface area contributed by atoms with Crippen LogP contribution in [-0.4, -0.2) is 41.3 Å². The Morgan fingerprint density at radius 1 is 0.762 bits per heavy atom. The fraction of sp³-hybridized carbons (Fsp3) is 0.833. The molecule has 21 heavy (non-hydrogen) atoms. The Labute approximate surface area is 107 Å². The van der Waals surface area contributed by atoms with Crippen molar-refractivity contribution < 1.29 is 62.9 Å². The summed E-state index contributed by atoms with van der Waals surface area (Å²) < 4.78 is 134. The summed E-state index contributed by atoms with van der Waals surface area (Å²) in [6, 6.07) is 0. The van der Waals surface area contributed by atoms with Crippen molar-refractivity contribution in [3.05, 3.63) is 0 Å². The lowest BCUT2D eigenvalue weighted by atomic mass is 10.1. The van der Waals surface area contributed by atoms with Gasteiger partial charge in [-0.1, -0.05) is 0 Å². The average Bonchev–Trinajstić information content (AvgIpc) is 2.12. The number of alkyl halides is 11. The molecule has 0 aliphatic rings. The monoisotopic (exact) mass is 347 g/mol. The molecule has 0 aliphatic carbocycles. The van der Waals surface area contributed by atoms with Crippen molar-refractivity contribution in [3.8, 4) is 0 Å². The predicted molar refractivity (Wildman–Crippen MR) is 39.6 cm³/mol. The van der Waals surface area contributed by atoms with E-state index in [9.17, 15) is 53.1 Å². The van der Waals surface area contributed by atoms with E-state index in [0.29, 0.717) is 0 Å². The van der Waals surface area contributed by atoms with Gasteiger partial charge in [0.1, 0.15) is 0 Å². The number of halogens is 11. The molecule has 128 valence electrons. The molecule has 0 aromatic rings. The highest BCUT2D eigenvalue weighted by molar-refractivity contribution is 5.76. The zero-order valence-electron chi connectivity index (χ0n) is 9.13. The van der Waals surface area contributed by atoms with Crippen molar-refractivity contribution >= 4 is 5.97 Å². The second-order valence-electron chi connectivity index (χ2n) is 3.09. The molecule has 4 nitrogen and oxygen atoms in total. The first-order valence-corrected chi connectivity index (χ1v) is 3.91. The van der Waals surface area contributed by atoms with Crippen molar-refractivity contribution in [2.75, 3.05) is 0 Å². The van der Waals surface area contributed by atoms with Gasteiger partial charge >= 0.3 is 36.2 Å². The maximum Gasteiger partial charge on any atom is 0.483 e. The van der Waals surface area contributed by atoms with E-state index >= 15 is 0 Å². The Morgan fingerprint density at radius 2 is 1.10 bits per heavy atom. The summed E-state index contributed by atoms with van der Waals surface area (Å²) in [4.78, 5) is 9.65. The van der Waals surface area contributed by atoms with Gasteiger partial charge in [-0.25, -0.2) is 9.53 Å². The number of aliphatic carboxylic acids is 1. The van der Waals surface area contributed by atoms with Crippen molar-refractivity contribution in [1.29, 1.82) is 0 Å². The number of hydrogen-bond acceptors (Lipinski definition) is 3. The molecule has 0 aromatic carbocycles. The summed E-state index contributed by atoms with van der Waals surface area (Å²) in [6.07, 6.45) is -21.0. The van der Waals surface area contributed by atoms with E-state index in [-0.39, 0.29) is 6.15 Å². The highest BCUT2D eigenvalue weighted by Gasteiger charge is 2.80. The molecule has 0 fully saturated rings. The Morgan fingerprint density at radius 3 is 1.33 bits per heavy atom. The maximum atomic E-state index is 12.4. The van der Waals surface area contributed by atoms with Gasteiger partial charge in [0.2, 0.25) is 0 Å². The van der Waals surface area contributed by atoms with Crippen LogP contribution in [0.1, 0.15) is 0 Å². The Balaban J connectivity index is 0. The van der Waals surface area contributed by atoms with Crippen LogP contribution >= 0.6 is 0 Å². The molecule has 4 N–H and O–H groups in total. The maximum absolute atomic E-state index is 12.4. The minimum absolute atomic E-state index is 0. The van der Waals surface area contributed by atoms with Gasteiger partial charge in [0.25, 0.3) is 0 Å². The fourth-order valence-electron chi connectivity index (χ4n) is 0.600. The third-order valence-corrected chi connectivity index (χ3v) is 1.61. The Kier molecular flexibility index (Phi) is 5.67. The van der Waals surface area contributed by atoms with E-state index in [2.05, 4.69) is 0 Å². The van der Waals surface area contributed by atoms with Gasteiger partial charge in [-0.3, -0.25) is 0 Å². The highest BCUT2D eigenvalue weighted by Crippen LogP contribution is 2.50. The average molecular weight is 347 g/mol. The van der Waals surface area contributed by atoms with E-state index in [1.807, 2.05) is 0 Å². The minimum Gasteiger partial charge on any atom is -0.477 e. The first-order valence-electron chi connectivity index (χ1n) is 3.91. The molecule has 0 saturated carbocycles. The van der Waals surface area contributed by atoms with Crippen LogP contribution in [0.15, 0.2) is 0 Å². The Bertz CT molecular complexity index is 390. The summed E-state index contributed by atoms with van der Waals surface area (Å²) in [7, 11) is 0. The topological polar surface area (TPSA) is 81.5 Å². The van der Waals surface area contributed by atoms with Crippen LogP contribution in [0.2, 0.25) is 0 Å². The molecule has 0 amide bonds. The van der Waals surface area contributed by atoms with Crippen molar-refractivity contribution in [3.63, 3.8) is 0 Å². The molecule has 15 heteroatoms. The van der Waals surface area contributed by atoms with E-state index in [1.165, 1.54) is 4.74 Å². The SMILES string of the molecule is N.O=C(O)C(F)(F)C(F)(F)C(F)(F)OC(F)(F)C(F)(F)F. The van der Waals surface area contributed by atoms with Gasteiger partial charge in [-0.15, -0.1) is 0 Å². The molecule has 0 aromatic heterocycles. The van der Waals surface area contributed by atoms with Crippen LogP contribution in [0.3, 0.4) is 0 Å². The number of carboxylic acids is 1. The van der Waals surface area contributed by atoms with Gasteiger partial charge in [0, 0.05) is 0 Å². The smallest absolute Gasteiger partial charge is 0.477 e. The molecule has 0 rings (SSSR count). The van der Waals surface area contributed by atoms with Crippen LogP contribution in [0.25, 0.3) is 0 Å². The molecule has 0 saturated heterocycles. The molecule has 0 atom stereocenters.